The SMILES string of the molecule is CCCSc1nc(=O)c2c(n1C)NC(=O)C[C@@H]2c1ccc(OCCc2ccccc2)cc1. The van der Waals surface area contributed by atoms with Crippen LogP contribution in [0.15, 0.2) is 64.5 Å². The van der Waals surface area contributed by atoms with Gasteiger partial charge in [-0.15, -0.1) is 0 Å². The van der Waals surface area contributed by atoms with Crippen molar-refractivity contribution in [2.45, 2.75) is 37.3 Å². The second-order valence-electron chi connectivity index (χ2n) is 7.83. The average Bonchev–Trinajstić information content (AvgIpc) is 2.81. The van der Waals surface area contributed by atoms with Crippen LogP contribution in [0.25, 0.3) is 0 Å². The Balaban J connectivity index is 1.53. The predicted octanol–water partition coefficient (Wildman–Crippen LogP) is 4.38. The van der Waals surface area contributed by atoms with Crippen molar-refractivity contribution < 1.29 is 9.53 Å². The van der Waals surface area contributed by atoms with Crippen LogP contribution in [-0.2, 0) is 18.3 Å². The fourth-order valence-electron chi connectivity index (χ4n) is 3.87. The van der Waals surface area contributed by atoms with Gasteiger partial charge in [-0.3, -0.25) is 9.59 Å². The molecule has 166 valence electrons. The Morgan fingerprint density at radius 2 is 1.88 bits per heavy atom. The standard InChI is InChI=1S/C25H27N3O3S/c1-3-15-32-25-27-24(30)22-20(16-21(29)26-23(22)28(25)2)18-9-11-19(12-10-18)31-14-13-17-7-5-4-6-8-17/h4-12,20H,3,13-16H2,1-2H3,(H,26,29)/t20-/m1/s1. The second kappa shape index (κ2) is 10.0. The molecule has 6 nitrogen and oxygen atoms in total. The molecular weight excluding hydrogens is 422 g/mol. The van der Waals surface area contributed by atoms with Gasteiger partial charge in [-0.05, 0) is 29.7 Å². The smallest absolute Gasteiger partial charge is 0.279 e. The van der Waals surface area contributed by atoms with Crippen molar-refractivity contribution in [3.8, 4) is 5.75 Å². The lowest BCUT2D eigenvalue weighted by Gasteiger charge is -2.27. The third-order valence-electron chi connectivity index (χ3n) is 5.52. The van der Waals surface area contributed by atoms with Crippen molar-refractivity contribution in [2.75, 3.05) is 17.7 Å². The van der Waals surface area contributed by atoms with Crippen LogP contribution in [0.1, 0.15) is 42.4 Å². The molecule has 1 amide bonds. The number of benzene rings is 2. The van der Waals surface area contributed by atoms with Gasteiger partial charge in [0.25, 0.3) is 5.56 Å². The molecule has 1 aliphatic heterocycles. The van der Waals surface area contributed by atoms with E-state index in [1.807, 2.05) is 54.1 Å². The van der Waals surface area contributed by atoms with E-state index in [-0.39, 0.29) is 23.8 Å². The molecule has 0 fully saturated rings. The highest BCUT2D eigenvalue weighted by molar-refractivity contribution is 7.99. The van der Waals surface area contributed by atoms with Crippen molar-refractivity contribution in [3.05, 3.63) is 81.6 Å². The Hall–Kier alpha value is -3.06. The Morgan fingerprint density at radius 1 is 1.12 bits per heavy atom. The Kier molecular flexibility index (Phi) is 6.95. The van der Waals surface area contributed by atoms with Crippen LogP contribution in [0, 0.1) is 0 Å². The van der Waals surface area contributed by atoms with Crippen molar-refractivity contribution in [1.29, 1.82) is 0 Å². The van der Waals surface area contributed by atoms with Gasteiger partial charge in [0.15, 0.2) is 5.16 Å². The maximum atomic E-state index is 12.9. The van der Waals surface area contributed by atoms with E-state index in [4.69, 9.17) is 4.74 Å². The molecule has 0 spiro atoms. The number of hydrogen-bond donors (Lipinski definition) is 1. The number of anilines is 1. The first-order valence-corrected chi connectivity index (χ1v) is 11.9. The minimum atomic E-state index is -0.325. The van der Waals surface area contributed by atoms with Crippen LogP contribution in [0.2, 0.25) is 0 Å². The van der Waals surface area contributed by atoms with Crippen molar-refractivity contribution in [2.24, 2.45) is 7.05 Å². The summed E-state index contributed by atoms with van der Waals surface area (Å²) in [5.41, 5.74) is 2.41. The van der Waals surface area contributed by atoms with E-state index in [1.54, 1.807) is 0 Å². The molecule has 1 atom stereocenters. The lowest BCUT2D eigenvalue weighted by Crippen LogP contribution is -2.33. The van der Waals surface area contributed by atoms with Crippen LogP contribution >= 0.6 is 11.8 Å². The molecule has 1 N–H and O–H groups in total. The summed E-state index contributed by atoms with van der Waals surface area (Å²) in [5, 5.41) is 3.51. The van der Waals surface area contributed by atoms with Gasteiger partial charge >= 0.3 is 0 Å². The van der Waals surface area contributed by atoms with Crippen molar-refractivity contribution in [3.63, 3.8) is 0 Å². The molecule has 0 aliphatic carbocycles. The van der Waals surface area contributed by atoms with Crippen LogP contribution in [-0.4, -0.2) is 27.8 Å². The fourth-order valence-corrected chi connectivity index (χ4v) is 4.69. The van der Waals surface area contributed by atoms with E-state index >= 15 is 0 Å². The molecule has 0 unspecified atom stereocenters. The van der Waals surface area contributed by atoms with Gasteiger partial charge in [-0.25, -0.2) is 0 Å². The fraction of sp³-hybridized carbons (Fsp3) is 0.320. The van der Waals surface area contributed by atoms with E-state index in [1.165, 1.54) is 17.3 Å². The molecule has 3 aromatic rings. The molecule has 1 aliphatic rings. The van der Waals surface area contributed by atoms with Gasteiger partial charge in [0.05, 0.1) is 12.2 Å². The predicted molar refractivity (Wildman–Crippen MR) is 128 cm³/mol. The van der Waals surface area contributed by atoms with E-state index < -0.39 is 0 Å². The quantitative estimate of drug-likeness (QED) is 0.408. The van der Waals surface area contributed by atoms with Crippen LogP contribution in [0.4, 0.5) is 5.82 Å². The zero-order chi connectivity index (χ0) is 22.5. The van der Waals surface area contributed by atoms with Gasteiger partial charge in [-0.2, -0.15) is 4.98 Å². The van der Waals surface area contributed by atoms with E-state index in [9.17, 15) is 9.59 Å². The molecule has 32 heavy (non-hydrogen) atoms. The monoisotopic (exact) mass is 449 g/mol. The number of carbonyl (C=O) groups excluding carboxylic acids is 1. The van der Waals surface area contributed by atoms with E-state index in [0.29, 0.717) is 23.1 Å². The summed E-state index contributed by atoms with van der Waals surface area (Å²) in [6.45, 7) is 2.66. The first-order chi connectivity index (χ1) is 15.6. The van der Waals surface area contributed by atoms with Gasteiger partial charge < -0.3 is 14.6 Å². The highest BCUT2D eigenvalue weighted by Gasteiger charge is 2.32. The van der Waals surface area contributed by atoms with E-state index in [0.717, 1.165) is 29.9 Å². The number of fused-ring (bicyclic) bond motifs is 1. The third-order valence-corrected chi connectivity index (χ3v) is 6.76. The summed E-state index contributed by atoms with van der Waals surface area (Å²) in [6.07, 6.45) is 2.03. The zero-order valence-electron chi connectivity index (χ0n) is 18.3. The molecule has 4 rings (SSSR count). The molecule has 0 saturated heterocycles. The number of nitrogens with zero attached hydrogens (tertiary/aromatic N) is 2. The van der Waals surface area contributed by atoms with Crippen molar-refractivity contribution >= 4 is 23.5 Å². The van der Waals surface area contributed by atoms with Gasteiger partial charge in [0.2, 0.25) is 5.91 Å². The number of thioether (sulfide) groups is 1. The number of rotatable bonds is 8. The number of nitrogens with one attached hydrogen (secondary N) is 1. The molecule has 7 heteroatoms. The molecule has 2 heterocycles. The third kappa shape index (κ3) is 4.88. The highest BCUT2D eigenvalue weighted by Crippen LogP contribution is 2.36. The maximum Gasteiger partial charge on any atom is 0.279 e. The lowest BCUT2D eigenvalue weighted by molar-refractivity contribution is -0.116. The summed E-state index contributed by atoms with van der Waals surface area (Å²) in [6, 6.07) is 17.9. The summed E-state index contributed by atoms with van der Waals surface area (Å²) < 4.78 is 7.70. The van der Waals surface area contributed by atoms with Gasteiger partial charge in [0, 0.05) is 31.6 Å². The summed E-state index contributed by atoms with van der Waals surface area (Å²) in [5.74, 6) is 1.75. The zero-order valence-corrected chi connectivity index (χ0v) is 19.2. The van der Waals surface area contributed by atoms with E-state index in [2.05, 4.69) is 29.4 Å². The maximum absolute atomic E-state index is 12.9. The first-order valence-electron chi connectivity index (χ1n) is 10.9. The van der Waals surface area contributed by atoms with Crippen LogP contribution in [0.3, 0.4) is 0 Å². The van der Waals surface area contributed by atoms with Crippen LogP contribution < -0.4 is 15.6 Å². The molecular formula is C25H27N3O3S. The molecule has 2 aromatic carbocycles. The summed E-state index contributed by atoms with van der Waals surface area (Å²) in [4.78, 5) is 29.7. The second-order valence-corrected chi connectivity index (χ2v) is 8.89. The molecule has 1 aromatic heterocycles. The topological polar surface area (TPSA) is 73.2 Å². The van der Waals surface area contributed by atoms with Gasteiger partial charge in [-0.1, -0.05) is 61.2 Å². The average molecular weight is 450 g/mol. The molecule has 0 bridgehead atoms. The summed E-state index contributed by atoms with van der Waals surface area (Å²) >= 11 is 1.52. The molecule has 0 saturated carbocycles. The van der Waals surface area contributed by atoms with Crippen LogP contribution in [0.5, 0.6) is 5.75 Å². The summed E-state index contributed by atoms with van der Waals surface area (Å²) in [7, 11) is 1.84. The number of hydrogen-bond acceptors (Lipinski definition) is 5. The number of carbonyl (C=O) groups is 1. The lowest BCUT2D eigenvalue weighted by atomic mass is 9.87. The minimum Gasteiger partial charge on any atom is -0.493 e. The number of ether oxygens (including phenoxy) is 1. The highest BCUT2D eigenvalue weighted by atomic mass is 32.2. The number of aromatic nitrogens is 2. The normalized spacial score (nSPS) is 15.2. The van der Waals surface area contributed by atoms with Crippen molar-refractivity contribution in [1.82, 2.24) is 9.55 Å². The number of amides is 1. The Morgan fingerprint density at radius 3 is 2.59 bits per heavy atom. The molecule has 0 radical (unpaired) electrons. The largest absolute Gasteiger partial charge is 0.493 e. The van der Waals surface area contributed by atoms with Gasteiger partial charge in [0.1, 0.15) is 11.6 Å². The first kappa shape index (κ1) is 22.1. The Bertz CT molecular complexity index is 1140. The Labute approximate surface area is 192 Å². The minimum absolute atomic E-state index is 0.0988.